The maximum absolute atomic E-state index is 13.0. The molecular weight excluding hydrogens is 711 g/mol. The van der Waals surface area contributed by atoms with Gasteiger partial charge in [-0.05, 0) is 129 Å². The quantitative estimate of drug-likeness (QED) is 0.144. The fourth-order valence-electron chi connectivity index (χ4n) is 8.13. The molecule has 0 saturated heterocycles. The fourth-order valence-corrected chi connectivity index (χ4v) is 8.13. The molecule has 0 amide bonds. The molecule has 57 heavy (non-hydrogen) atoms. The Bertz CT molecular complexity index is 1020. The SMILES string of the molecule is CC(CC(=O)OC1CCCCCCCC/C=C\CCCCCCCC(=O)OCC(C)OC(=O)CCCCCCC/C=C\CCCCCCCC1)CC(C)CN(C)C. The van der Waals surface area contributed by atoms with Crippen molar-refractivity contribution >= 4 is 17.9 Å². The first-order valence-corrected chi connectivity index (χ1v) is 24.1. The molecule has 0 saturated carbocycles. The van der Waals surface area contributed by atoms with E-state index in [1.54, 1.807) is 6.92 Å². The van der Waals surface area contributed by atoms with Crippen LogP contribution in [0.5, 0.6) is 0 Å². The third kappa shape index (κ3) is 36.6. The Kier molecular flexibility index (Phi) is 35.3. The summed E-state index contributed by atoms with van der Waals surface area (Å²) < 4.78 is 17.0. The van der Waals surface area contributed by atoms with Gasteiger partial charge < -0.3 is 19.1 Å². The van der Waals surface area contributed by atoms with Crippen LogP contribution in [0.25, 0.3) is 0 Å². The molecule has 1 rings (SSSR count). The maximum atomic E-state index is 13.0. The Morgan fingerprint density at radius 2 is 1.02 bits per heavy atom. The van der Waals surface area contributed by atoms with E-state index >= 15 is 0 Å². The number of hydrogen-bond donors (Lipinski definition) is 0. The molecule has 0 aromatic rings. The average Bonchev–Trinajstić information content (AvgIpc) is 3.15. The zero-order chi connectivity index (χ0) is 41.6. The number of ether oxygens (including phenoxy) is 3. The smallest absolute Gasteiger partial charge is 0.306 e. The molecule has 1 heterocycles. The molecule has 0 fully saturated rings. The highest BCUT2D eigenvalue weighted by Crippen LogP contribution is 2.21. The van der Waals surface area contributed by atoms with Crippen molar-refractivity contribution in [1.29, 1.82) is 0 Å². The summed E-state index contributed by atoms with van der Waals surface area (Å²) in [7, 11) is 4.24. The lowest BCUT2D eigenvalue weighted by molar-refractivity contribution is -0.158. The number of nitrogens with zero attached hydrogens (tertiary/aromatic N) is 1. The van der Waals surface area contributed by atoms with Crippen LogP contribution in [0.2, 0.25) is 0 Å². The second kappa shape index (κ2) is 38.1. The van der Waals surface area contributed by atoms with E-state index in [0.717, 1.165) is 90.0 Å². The number of hydrogen-bond acceptors (Lipinski definition) is 7. The molecule has 0 aliphatic carbocycles. The van der Waals surface area contributed by atoms with E-state index in [2.05, 4.69) is 57.1 Å². The lowest BCUT2D eigenvalue weighted by Gasteiger charge is -2.22. The predicted octanol–water partition coefficient (Wildman–Crippen LogP) is 13.8. The highest BCUT2D eigenvalue weighted by atomic mass is 16.6. The molecule has 0 N–H and O–H groups in total. The molecule has 0 radical (unpaired) electrons. The molecule has 1 aliphatic rings. The normalized spacial score (nSPS) is 24.7. The Morgan fingerprint density at radius 3 is 1.47 bits per heavy atom. The van der Waals surface area contributed by atoms with Gasteiger partial charge in [0.1, 0.15) is 18.8 Å². The molecule has 7 nitrogen and oxygen atoms in total. The molecule has 7 heteroatoms. The summed E-state index contributed by atoms with van der Waals surface area (Å²) in [4.78, 5) is 39.6. The standard InChI is InChI=1S/C50H91NO6/c1-44(40-45(2)42-51(4)5)41-50(54)57-47-36-32-28-24-20-16-12-8-6-10-14-18-22-26-30-34-38-48(52)55-43-46(3)56-49(53)39-35-31-27-23-19-15-11-7-9-13-17-21-25-29-33-37-47/h6-7,10-11,44-47H,8-9,12-43H2,1-5H3/b10-6-,11-7-. The van der Waals surface area contributed by atoms with Gasteiger partial charge in [-0.25, -0.2) is 0 Å². The van der Waals surface area contributed by atoms with Crippen LogP contribution >= 0.6 is 0 Å². The van der Waals surface area contributed by atoms with Gasteiger partial charge in [-0.3, -0.25) is 14.4 Å². The topological polar surface area (TPSA) is 82.1 Å². The Balaban J connectivity index is 2.48. The van der Waals surface area contributed by atoms with Crippen LogP contribution in [-0.2, 0) is 28.6 Å². The van der Waals surface area contributed by atoms with Crippen LogP contribution in [0, 0.1) is 11.8 Å². The molecule has 4 atom stereocenters. The highest BCUT2D eigenvalue weighted by molar-refractivity contribution is 5.70. The van der Waals surface area contributed by atoms with Gasteiger partial charge in [0.15, 0.2) is 0 Å². The lowest BCUT2D eigenvalue weighted by Crippen LogP contribution is -2.23. The van der Waals surface area contributed by atoms with E-state index in [9.17, 15) is 14.4 Å². The van der Waals surface area contributed by atoms with Crippen LogP contribution in [0.1, 0.15) is 226 Å². The summed E-state index contributed by atoms with van der Waals surface area (Å²) in [5, 5.41) is 0. The average molecular weight is 802 g/mol. The molecule has 0 aromatic carbocycles. The number of carbonyl (C=O) groups excluding carboxylic acids is 3. The van der Waals surface area contributed by atoms with E-state index in [-0.39, 0.29) is 30.6 Å². The molecular formula is C50H91NO6. The number of esters is 3. The van der Waals surface area contributed by atoms with E-state index in [1.807, 2.05) is 0 Å². The Morgan fingerprint density at radius 1 is 0.614 bits per heavy atom. The van der Waals surface area contributed by atoms with Gasteiger partial charge in [-0.1, -0.05) is 128 Å². The maximum Gasteiger partial charge on any atom is 0.306 e. The zero-order valence-corrected chi connectivity index (χ0v) is 38.1. The summed E-state index contributed by atoms with van der Waals surface area (Å²) in [6, 6.07) is 0. The van der Waals surface area contributed by atoms with Crippen molar-refractivity contribution in [1.82, 2.24) is 4.90 Å². The summed E-state index contributed by atoms with van der Waals surface area (Å²) in [6.07, 6.45) is 44.0. The highest BCUT2D eigenvalue weighted by Gasteiger charge is 2.19. The largest absolute Gasteiger partial charge is 0.462 e. The third-order valence-corrected chi connectivity index (χ3v) is 11.2. The molecule has 0 spiro atoms. The van der Waals surface area contributed by atoms with Crippen molar-refractivity contribution in [3.05, 3.63) is 24.3 Å². The first-order chi connectivity index (χ1) is 27.7. The van der Waals surface area contributed by atoms with Gasteiger partial charge in [0, 0.05) is 25.8 Å². The summed E-state index contributed by atoms with van der Waals surface area (Å²) in [6.45, 7) is 7.48. The zero-order valence-electron chi connectivity index (χ0n) is 38.1. The number of allylic oxidation sites excluding steroid dienone is 4. The second-order valence-corrected chi connectivity index (χ2v) is 18.0. The van der Waals surface area contributed by atoms with Gasteiger partial charge in [0.05, 0.1) is 0 Å². The van der Waals surface area contributed by atoms with Crippen molar-refractivity contribution in [2.24, 2.45) is 11.8 Å². The second-order valence-electron chi connectivity index (χ2n) is 18.0. The van der Waals surface area contributed by atoms with Crippen LogP contribution in [-0.4, -0.2) is 62.3 Å². The van der Waals surface area contributed by atoms with Crippen LogP contribution in [0.3, 0.4) is 0 Å². The molecule has 0 aromatic heterocycles. The van der Waals surface area contributed by atoms with Crippen molar-refractivity contribution < 1.29 is 28.6 Å². The number of rotatable bonds is 7. The van der Waals surface area contributed by atoms with Crippen molar-refractivity contribution in [2.75, 3.05) is 27.2 Å². The van der Waals surface area contributed by atoms with Gasteiger partial charge in [0.2, 0.25) is 0 Å². The summed E-state index contributed by atoms with van der Waals surface area (Å²) in [5.41, 5.74) is 0. The minimum atomic E-state index is -0.398. The van der Waals surface area contributed by atoms with Gasteiger partial charge in [-0.2, -0.15) is 0 Å². The predicted molar refractivity (Wildman–Crippen MR) is 239 cm³/mol. The number of cyclic esters (lactones) is 2. The first kappa shape index (κ1) is 52.9. The lowest BCUT2D eigenvalue weighted by atomic mass is 9.94. The molecule has 4 unspecified atom stereocenters. The summed E-state index contributed by atoms with van der Waals surface area (Å²) >= 11 is 0. The molecule has 0 bridgehead atoms. The monoisotopic (exact) mass is 802 g/mol. The first-order valence-electron chi connectivity index (χ1n) is 24.1. The van der Waals surface area contributed by atoms with Crippen molar-refractivity contribution in [2.45, 2.75) is 238 Å². The summed E-state index contributed by atoms with van der Waals surface area (Å²) in [5.74, 6) is 0.554. The minimum absolute atomic E-state index is 0.00805. The van der Waals surface area contributed by atoms with E-state index in [1.165, 1.54) is 103 Å². The van der Waals surface area contributed by atoms with Crippen LogP contribution < -0.4 is 0 Å². The van der Waals surface area contributed by atoms with E-state index < -0.39 is 6.10 Å². The van der Waals surface area contributed by atoms with Gasteiger partial charge in [-0.15, -0.1) is 0 Å². The number of carbonyl (C=O) groups is 3. The van der Waals surface area contributed by atoms with Crippen molar-refractivity contribution in [3.8, 4) is 0 Å². The third-order valence-electron chi connectivity index (χ3n) is 11.2. The van der Waals surface area contributed by atoms with Crippen LogP contribution in [0.15, 0.2) is 24.3 Å². The van der Waals surface area contributed by atoms with E-state index in [0.29, 0.717) is 31.1 Å². The minimum Gasteiger partial charge on any atom is -0.462 e. The Hall–Kier alpha value is -2.15. The molecule has 332 valence electrons. The van der Waals surface area contributed by atoms with Gasteiger partial charge >= 0.3 is 17.9 Å². The van der Waals surface area contributed by atoms with Gasteiger partial charge in [0.25, 0.3) is 0 Å². The van der Waals surface area contributed by atoms with Crippen LogP contribution in [0.4, 0.5) is 0 Å². The van der Waals surface area contributed by atoms with E-state index in [4.69, 9.17) is 14.2 Å². The molecule has 1 aliphatic heterocycles. The fraction of sp³-hybridized carbons (Fsp3) is 0.860. The van der Waals surface area contributed by atoms with Crippen molar-refractivity contribution in [3.63, 3.8) is 0 Å². The Labute approximate surface area is 352 Å².